The van der Waals surface area contributed by atoms with Crippen molar-refractivity contribution in [2.24, 2.45) is 4.99 Å². The van der Waals surface area contributed by atoms with Gasteiger partial charge in [-0.15, -0.1) is 24.0 Å². The average molecular weight is 452 g/mol. The molecule has 130 valence electrons. The van der Waals surface area contributed by atoms with Gasteiger partial charge in [0.05, 0.1) is 0 Å². The molecule has 5 nitrogen and oxygen atoms in total. The fraction of sp³-hybridized carbons (Fsp3) is 0.562. The molecule has 1 aromatic carbocycles. The SMILES string of the molecule is CN=C(NCc1cccc(Cl)c1)NCC1CN(C)CCN1C.I. The summed E-state index contributed by atoms with van der Waals surface area (Å²) in [4.78, 5) is 9.05. The van der Waals surface area contributed by atoms with Crippen LogP contribution in [0.15, 0.2) is 29.3 Å². The van der Waals surface area contributed by atoms with Gasteiger partial charge in [0, 0.05) is 50.8 Å². The van der Waals surface area contributed by atoms with E-state index in [1.54, 1.807) is 7.05 Å². The number of nitrogens with one attached hydrogen (secondary N) is 2. The third-order valence-electron chi connectivity index (χ3n) is 4.06. The fourth-order valence-electron chi connectivity index (χ4n) is 2.59. The van der Waals surface area contributed by atoms with Gasteiger partial charge in [-0.25, -0.2) is 0 Å². The molecule has 1 aromatic rings. The van der Waals surface area contributed by atoms with E-state index in [-0.39, 0.29) is 24.0 Å². The van der Waals surface area contributed by atoms with E-state index in [1.807, 2.05) is 18.2 Å². The van der Waals surface area contributed by atoms with Crippen LogP contribution < -0.4 is 10.6 Å². The van der Waals surface area contributed by atoms with Gasteiger partial charge in [0.25, 0.3) is 0 Å². The molecule has 0 radical (unpaired) electrons. The number of aliphatic imine (C=N–C) groups is 1. The summed E-state index contributed by atoms with van der Waals surface area (Å²) in [6.45, 7) is 4.91. The Kier molecular flexibility index (Phi) is 9.19. The first-order chi connectivity index (χ1) is 10.6. The first kappa shape index (κ1) is 20.5. The lowest BCUT2D eigenvalue weighted by Crippen LogP contribution is -2.55. The largest absolute Gasteiger partial charge is 0.355 e. The quantitative estimate of drug-likeness (QED) is 0.417. The molecule has 0 aromatic heterocycles. The van der Waals surface area contributed by atoms with E-state index in [0.717, 1.165) is 42.7 Å². The van der Waals surface area contributed by atoms with E-state index in [2.05, 4.69) is 45.6 Å². The maximum Gasteiger partial charge on any atom is 0.191 e. The van der Waals surface area contributed by atoms with E-state index in [9.17, 15) is 0 Å². The van der Waals surface area contributed by atoms with Crippen molar-refractivity contribution >= 4 is 41.5 Å². The summed E-state index contributed by atoms with van der Waals surface area (Å²) < 4.78 is 0. The highest BCUT2D eigenvalue weighted by Gasteiger charge is 2.21. The van der Waals surface area contributed by atoms with Gasteiger partial charge in [0.15, 0.2) is 5.96 Å². The van der Waals surface area contributed by atoms with Gasteiger partial charge in [0.2, 0.25) is 0 Å². The molecule has 7 heteroatoms. The lowest BCUT2D eigenvalue weighted by Gasteiger charge is -2.37. The minimum Gasteiger partial charge on any atom is -0.355 e. The fourth-order valence-corrected chi connectivity index (χ4v) is 2.80. The first-order valence-corrected chi connectivity index (χ1v) is 8.04. The molecule has 23 heavy (non-hydrogen) atoms. The molecule has 0 spiro atoms. The molecular weight excluding hydrogens is 425 g/mol. The van der Waals surface area contributed by atoms with E-state index in [4.69, 9.17) is 11.6 Å². The Hall–Kier alpha value is -0.570. The molecule has 1 aliphatic heterocycles. The number of piperazine rings is 1. The Labute approximate surface area is 161 Å². The second-order valence-electron chi connectivity index (χ2n) is 5.83. The molecule has 1 heterocycles. The Morgan fingerprint density at radius 3 is 2.78 bits per heavy atom. The Balaban J connectivity index is 0.00000264. The smallest absolute Gasteiger partial charge is 0.191 e. The predicted octanol–water partition coefficient (Wildman–Crippen LogP) is 1.87. The zero-order valence-electron chi connectivity index (χ0n) is 14.1. The molecule has 0 amide bonds. The summed E-state index contributed by atoms with van der Waals surface area (Å²) in [6.07, 6.45) is 0. The zero-order chi connectivity index (χ0) is 15.9. The zero-order valence-corrected chi connectivity index (χ0v) is 17.1. The molecule has 1 atom stereocenters. The number of nitrogens with zero attached hydrogens (tertiary/aromatic N) is 3. The van der Waals surface area contributed by atoms with Crippen LogP contribution in [0.4, 0.5) is 0 Å². The van der Waals surface area contributed by atoms with Gasteiger partial charge in [-0.1, -0.05) is 23.7 Å². The van der Waals surface area contributed by atoms with Crippen LogP contribution in [0.3, 0.4) is 0 Å². The Morgan fingerprint density at radius 2 is 2.09 bits per heavy atom. The van der Waals surface area contributed by atoms with Crippen LogP contribution in [0.5, 0.6) is 0 Å². The summed E-state index contributed by atoms with van der Waals surface area (Å²) in [5.74, 6) is 0.821. The maximum absolute atomic E-state index is 6.00. The molecule has 2 N–H and O–H groups in total. The highest BCUT2D eigenvalue weighted by atomic mass is 127. The van der Waals surface area contributed by atoms with E-state index < -0.39 is 0 Å². The molecule has 1 unspecified atom stereocenters. The van der Waals surface area contributed by atoms with Crippen molar-refractivity contribution in [3.05, 3.63) is 34.9 Å². The molecule has 1 aliphatic rings. The summed E-state index contributed by atoms with van der Waals surface area (Å²) in [7, 11) is 6.15. The summed E-state index contributed by atoms with van der Waals surface area (Å²) in [5, 5.41) is 7.50. The number of guanidine groups is 1. The Bertz CT molecular complexity index is 511. The second-order valence-corrected chi connectivity index (χ2v) is 6.27. The molecule has 1 saturated heterocycles. The molecule has 0 aliphatic carbocycles. The minimum absolute atomic E-state index is 0. The van der Waals surface area contributed by atoms with Gasteiger partial charge in [0.1, 0.15) is 0 Å². The number of hydrogen-bond acceptors (Lipinski definition) is 3. The molecule has 0 bridgehead atoms. The van der Waals surface area contributed by atoms with Crippen LogP contribution in [0, 0.1) is 0 Å². The van der Waals surface area contributed by atoms with Crippen molar-refractivity contribution < 1.29 is 0 Å². The van der Waals surface area contributed by atoms with Gasteiger partial charge in [-0.05, 0) is 31.8 Å². The lowest BCUT2D eigenvalue weighted by molar-refractivity contribution is 0.116. The second kappa shape index (κ2) is 10.3. The maximum atomic E-state index is 6.00. The van der Waals surface area contributed by atoms with E-state index in [0.29, 0.717) is 12.6 Å². The lowest BCUT2D eigenvalue weighted by atomic mass is 10.2. The average Bonchev–Trinajstić information content (AvgIpc) is 2.51. The minimum atomic E-state index is 0. The molecule has 2 rings (SSSR count). The number of benzene rings is 1. The van der Waals surface area contributed by atoms with Crippen LogP contribution in [0.25, 0.3) is 0 Å². The normalized spacial score (nSPS) is 20.0. The van der Waals surface area contributed by atoms with Crippen LogP contribution in [0.1, 0.15) is 5.56 Å². The number of hydrogen-bond donors (Lipinski definition) is 2. The number of halogens is 2. The highest BCUT2D eigenvalue weighted by molar-refractivity contribution is 14.0. The summed E-state index contributed by atoms with van der Waals surface area (Å²) >= 11 is 6.00. The van der Waals surface area contributed by atoms with Crippen molar-refractivity contribution in [2.45, 2.75) is 12.6 Å². The monoisotopic (exact) mass is 451 g/mol. The van der Waals surface area contributed by atoms with Crippen molar-refractivity contribution in [3.63, 3.8) is 0 Å². The van der Waals surface area contributed by atoms with Gasteiger partial charge in [-0.2, -0.15) is 0 Å². The molecule has 0 saturated carbocycles. The van der Waals surface area contributed by atoms with Crippen molar-refractivity contribution in [1.29, 1.82) is 0 Å². The third-order valence-corrected chi connectivity index (χ3v) is 4.29. The van der Waals surface area contributed by atoms with Gasteiger partial charge >= 0.3 is 0 Å². The standard InChI is InChI=1S/C16H26ClN5.HI/c1-18-16(19-10-13-5-4-6-14(17)9-13)20-11-15-12-21(2)7-8-22(15)3;/h4-6,9,15H,7-8,10-12H2,1-3H3,(H2,18,19,20);1H. The first-order valence-electron chi connectivity index (χ1n) is 7.66. The van der Waals surface area contributed by atoms with Crippen molar-refractivity contribution in [1.82, 2.24) is 20.4 Å². The summed E-state index contributed by atoms with van der Waals surface area (Å²) in [5.41, 5.74) is 1.14. The molecular formula is C16H27ClIN5. The van der Waals surface area contributed by atoms with Crippen molar-refractivity contribution in [3.8, 4) is 0 Å². The topological polar surface area (TPSA) is 42.9 Å². The third kappa shape index (κ3) is 6.82. The van der Waals surface area contributed by atoms with Crippen LogP contribution in [0.2, 0.25) is 5.02 Å². The van der Waals surface area contributed by atoms with Gasteiger partial charge < -0.3 is 15.5 Å². The van der Waals surface area contributed by atoms with Crippen LogP contribution in [-0.4, -0.2) is 69.1 Å². The van der Waals surface area contributed by atoms with E-state index in [1.165, 1.54) is 0 Å². The van der Waals surface area contributed by atoms with E-state index >= 15 is 0 Å². The highest BCUT2D eigenvalue weighted by Crippen LogP contribution is 2.10. The van der Waals surface area contributed by atoms with Crippen LogP contribution >= 0.6 is 35.6 Å². The number of likely N-dealkylation sites (N-methyl/N-ethyl adjacent to an activating group) is 2. The van der Waals surface area contributed by atoms with Gasteiger partial charge in [-0.3, -0.25) is 9.89 Å². The van der Waals surface area contributed by atoms with Crippen LogP contribution in [-0.2, 0) is 6.54 Å². The number of rotatable bonds is 4. The molecule has 1 fully saturated rings. The van der Waals surface area contributed by atoms with Crippen molar-refractivity contribution in [2.75, 3.05) is 47.3 Å². The Morgan fingerprint density at radius 1 is 1.30 bits per heavy atom. The predicted molar refractivity (Wildman–Crippen MR) is 109 cm³/mol. The summed E-state index contributed by atoms with van der Waals surface area (Å²) in [6, 6.07) is 8.36.